The number of hydrogen-bond acceptors (Lipinski definition) is 2. The lowest BCUT2D eigenvalue weighted by molar-refractivity contribution is -0.136. The van der Waals surface area contributed by atoms with Crippen molar-refractivity contribution in [1.82, 2.24) is 10.2 Å². The lowest BCUT2D eigenvalue weighted by Crippen LogP contribution is -2.43. The maximum absolute atomic E-state index is 12.1. The Morgan fingerprint density at radius 2 is 2.11 bits per heavy atom. The van der Waals surface area contributed by atoms with Crippen LogP contribution >= 0.6 is 0 Å². The quantitative estimate of drug-likeness (QED) is 0.761. The largest absolute Gasteiger partial charge is 0.389 e. The van der Waals surface area contributed by atoms with E-state index in [4.69, 9.17) is 0 Å². The van der Waals surface area contributed by atoms with E-state index in [-0.39, 0.29) is 12.5 Å². The summed E-state index contributed by atoms with van der Waals surface area (Å²) in [6.45, 7) is 7.17. The lowest BCUT2D eigenvalue weighted by atomic mass is 10.1. The lowest BCUT2D eigenvalue weighted by Gasteiger charge is -2.34. The molecule has 1 N–H and O–H groups in total. The Kier molecular flexibility index (Phi) is 6.43. The van der Waals surface area contributed by atoms with E-state index in [0.717, 1.165) is 32.5 Å². The van der Waals surface area contributed by atoms with Gasteiger partial charge in [0.05, 0.1) is 0 Å². The van der Waals surface area contributed by atoms with Crippen molar-refractivity contribution < 1.29 is 13.2 Å². The summed E-state index contributed by atoms with van der Waals surface area (Å²) in [6, 6.07) is 0.753. The standard InChI is InChI=1S/C13H25F3N2/c1-3-9-18(12-6-8-17-10-12)11(2)5-4-7-13(14,15)16/h11-12,17H,3-10H2,1-2H3. The fraction of sp³-hybridized carbons (Fsp3) is 1.00. The van der Waals surface area contributed by atoms with Crippen molar-refractivity contribution in [2.45, 2.75) is 64.2 Å². The van der Waals surface area contributed by atoms with Gasteiger partial charge in [0.25, 0.3) is 0 Å². The van der Waals surface area contributed by atoms with Gasteiger partial charge in [-0.2, -0.15) is 13.2 Å². The molecule has 1 rings (SSSR count). The highest BCUT2D eigenvalue weighted by Gasteiger charge is 2.29. The van der Waals surface area contributed by atoms with E-state index in [0.29, 0.717) is 12.5 Å². The topological polar surface area (TPSA) is 15.3 Å². The Morgan fingerprint density at radius 3 is 2.61 bits per heavy atom. The monoisotopic (exact) mass is 266 g/mol. The minimum absolute atomic E-state index is 0.241. The smallest absolute Gasteiger partial charge is 0.315 e. The van der Waals surface area contributed by atoms with Crippen molar-refractivity contribution in [2.24, 2.45) is 0 Å². The molecule has 1 fully saturated rings. The van der Waals surface area contributed by atoms with E-state index in [1.807, 2.05) is 0 Å². The van der Waals surface area contributed by atoms with Gasteiger partial charge < -0.3 is 5.32 Å². The molecular formula is C13H25F3N2. The maximum Gasteiger partial charge on any atom is 0.389 e. The van der Waals surface area contributed by atoms with Gasteiger partial charge in [0.1, 0.15) is 0 Å². The number of nitrogens with zero attached hydrogens (tertiary/aromatic N) is 1. The van der Waals surface area contributed by atoms with Gasteiger partial charge in [-0.3, -0.25) is 4.90 Å². The van der Waals surface area contributed by atoms with Crippen LogP contribution in [-0.4, -0.2) is 42.8 Å². The highest BCUT2D eigenvalue weighted by molar-refractivity contribution is 4.83. The predicted octanol–water partition coefficient (Wildman–Crippen LogP) is 3.18. The zero-order chi connectivity index (χ0) is 13.6. The summed E-state index contributed by atoms with van der Waals surface area (Å²) in [5, 5.41) is 3.32. The zero-order valence-electron chi connectivity index (χ0n) is 11.4. The van der Waals surface area contributed by atoms with E-state index in [2.05, 4.69) is 24.1 Å². The second-order valence-corrected chi connectivity index (χ2v) is 5.24. The first-order chi connectivity index (χ1) is 8.44. The van der Waals surface area contributed by atoms with Crippen molar-refractivity contribution >= 4 is 0 Å². The fourth-order valence-electron chi connectivity index (χ4n) is 2.71. The van der Waals surface area contributed by atoms with Crippen molar-refractivity contribution in [2.75, 3.05) is 19.6 Å². The van der Waals surface area contributed by atoms with Crippen molar-refractivity contribution in [3.05, 3.63) is 0 Å². The number of hydrogen-bond donors (Lipinski definition) is 1. The summed E-state index contributed by atoms with van der Waals surface area (Å²) < 4.78 is 36.4. The van der Waals surface area contributed by atoms with Crippen LogP contribution < -0.4 is 5.32 Å². The van der Waals surface area contributed by atoms with E-state index in [1.54, 1.807) is 0 Å². The Bertz CT molecular complexity index is 225. The number of alkyl halides is 3. The van der Waals surface area contributed by atoms with Gasteiger partial charge in [-0.05, 0) is 45.7 Å². The Balaban J connectivity index is 2.36. The van der Waals surface area contributed by atoms with E-state index < -0.39 is 12.6 Å². The SMILES string of the molecule is CCCN(C(C)CCCC(F)(F)F)C1CCNC1. The molecule has 0 bridgehead atoms. The van der Waals surface area contributed by atoms with Crippen LogP contribution in [-0.2, 0) is 0 Å². The second kappa shape index (κ2) is 7.34. The molecule has 0 aromatic heterocycles. The Morgan fingerprint density at radius 1 is 1.39 bits per heavy atom. The van der Waals surface area contributed by atoms with E-state index in [1.165, 1.54) is 0 Å². The highest BCUT2D eigenvalue weighted by atomic mass is 19.4. The molecule has 18 heavy (non-hydrogen) atoms. The molecule has 5 heteroatoms. The van der Waals surface area contributed by atoms with Crippen LogP contribution in [0.3, 0.4) is 0 Å². The number of halogens is 3. The maximum atomic E-state index is 12.1. The van der Waals surface area contributed by atoms with Gasteiger partial charge in [-0.15, -0.1) is 0 Å². The molecule has 1 saturated heterocycles. The van der Waals surface area contributed by atoms with E-state index in [9.17, 15) is 13.2 Å². The molecule has 0 aromatic rings. The Labute approximate surface area is 108 Å². The predicted molar refractivity (Wildman–Crippen MR) is 67.6 cm³/mol. The summed E-state index contributed by atoms with van der Waals surface area (Å²) in [7, 11) is 0. The van der Waals surface area contributed by atoms with Gasteiger partial charge in [-0.25, -0.2) is 0 Å². The molecule has 2 nitrogen and oxygen atoms in total. The first kappa shape index (κ1) is 15.8. The van der Waals surface area contributed by atoms with Crippen molar-refractivity contribution in [3.63, 3.8) is 0 Å². The van der Waals surface area contributed by atoms with Crippen molar-refractivity contribution in [3.8, 4) is 0 Å². The summed E-state index contributed by atoms with van der Waals surface area (Å²) in [5.74, 6) is 0. The molecular weight excluding hydrogens is 241 g/mol. The molecule has 0 amide bonds. The molecule has 0 aliphatic carbocycles. The average Bonchev–Trinajstić information content (AvgIpc) is 2.77. The summed E-state index contributed by atoms with van der Waals surface area (Å²) >= 11 is 0. The molecule has 108 valence electrons. The van der Waals surface area contributed by atoms with Gasteiger partial charge in [0.15, 0.2) is 0 Å². The molecule has 1 aliphatic rings. The molecule has 2 atom stereocenters. The van der Waals surface area contributed by atoms with Crippen molar-refractivity contribution in [1.29, 1.82) is 0 Å². The van der Waals surface area contributed by atoms with E-state index >= 15 is 0 Å². The fourth-order valence-corrected chi connectivity index (χ4v) is 2.71. The molecule has 0 spiro atoms. The van der Waals surface area contributed by atoms with Crippen LogP contribution in [0.4, 0.5) is 13.2 Å². The van der Waals surface area contributed by atoms with Crippen LogP contribution in [0.1, 0.15) is 46.0 Å². The average molecular weight is 266 g/mol. The van der Waals surface area contributed by atoms with Gasteiger partial charge in [0, 0.05) is 25.0 Å². The zero-order valence-corrected chi connectivity index (χ0v) is 11.4. The normalized spacial score (nSPS) is 22.7. The molecule has 0 radical (unpaired) electrons. The molecule has 2 unspecified atom stereocenters. The summed E-state index contributed by atoms with van der Waals surface area (Å²) in [4.78, 5) is 2.39. The molecule has 0 saturated carbocycles. The third kappa shape index (κ3) is 5.57. The van der Waals surface area contributed by atoms with Crippen LogP contribution in [0.2, 0.25) is 0 Å². The number of nitrogens with one attached hydrogen (secondary N) is 1. The van der Waals surface area contributed by atoms with Gasteiger partial charge in [0.2, 0.25) is 0 Å². The summed E-state index contributed by atoms with van der Waals surface area (Å²) in [6.07, 6.45) is -1.62. The first-order valence-corrected chi connectivity index (χ1v) is 6.97. The van der Waals surface area contributed by atoms with Crippen LogP contribution in [0.15, 0.2) is 0 Å². The van der Waals surface area contributed by atoms with Crippen LogP contribution in [0, 0.1) is 0 Å². The van der Waals surface area contributed by atoms with Gasteiger partial charge in [-0.1, -0.05) is 6.92 Å². The van der Waals surface area contributed by atoms with Crippen LogP contribution in [0.25, 0.3) is 0 Å². The molecule has 1 aliphatic heterocycles. The third-order valence-corrected chi connectivity index (χ3v) is 3.63. The number of rotatable bonds is 7. The summed E-state index contributed by atoms with van der Waals surface area (Å²) in [5.41, 5.74) is 0. The second-order valence-electron chi connectivity index (χ2n) is 5.24. The molecule has 0 aromatic carbocycles. The Hall–Kier alpha value is -0.290. The third-order valence-electron chi connectivity index (χ3n) is 3.63. The van der Waals surface area contributed by atoms with Crippen LogP contribution in [0.5, 0.6) is 0 Å². The molecule has 1 heterocycles. The minimum Gasteiger partial charge on any atom is -0.315 e. The first-order valence-electron chi connectivity index (χ1n) is 6.97. The highest BCUT2D eigenvalue weighted by Crippen LogP contribution is 2.24. The minimum atomic E-state index is -4.01. The van der Waals surface area contributed by atoms with Gasteiger partial charge >= 0.3 is 6.18 Å².